The SMILES string of the molecule is CCN1C(=O)NC(c2ccc(Cl)cc2)C2=C1CN(C(Cc1ccccc1)C(=O)Nc1ccc(OC)cc1)C2=O. The molecular weight excluding hydrogens is 516 g/mol. The minimum absolute atomic E-state index is 0.146. The van der Waals surface area contributed by atoms with Crippen LogP contribution in [0.15, 0.2) is 90.1 Å². The number of carbonyl (C=O) groups is 3. The number of anilines is 1. The van der Waals surface area contributed by atoms with Crippen molar-refractivity contribution < 1.29 is 19.1 Å². The number of benzene rings is 3. The number of likely N-dealkylation sites (N-methyl/N-ethyl adjacent to an activating group) is 1. The van der Waals surface area contributed by atoms with E-state index in [1.54, 1.807) is 65.4 Å². The molecule has 2 aliphatic heterocycles. The Bertz CT molecular complexity index is 1410. The molecule has 2 N–H and O–H groups in total. The average molecular weight is 545 g/mol. The maximum Gasteiger partial charge on any atom is 0.322 e. The van der Waals surface area contributed by atoms with Gasteiger partial charge >= 0.3 is 6.03 Å². The molecule has 2 aliphatic rings. The molecule has 2 heterocycles. The first-order valence-electron chi connectivity index (χ1n) is 12.8. The van der Waals surface area contributed by atoms with Gasteiger partial charge in [-0.25, -0.2) is 4.79 Å². The lowest BCUT2D eigenvalue weighted by Crippen LogP contribution is -2.47. The molecule has 4 amide bonds. The van der Waals surface area contributed by atoms with Gasteiger partial charge in [-0.05, 0) is 54.4 Å². The van der Waals surface area contributed by atoms with Crippen molar-refractivity contribution in [3.05, 3.63) is 106 Å². The van der Waals surface area contributed by atoms with Crippen LogP contribution in [0.5, 0.6) is 5.75 Å². The molecule has 39 heavy (non-hydrogen) atoms. The van der Waals surface area contributed by atoms with Gasteiger partial charge in [0.2, 0.25) is 5.91 Å². The van der Waals surface area contributed by atoms with Gasteiger partial charge in [0, 0.05) is 23.7 Å². The molecule has 5 rings (SSSR count). The van der Waals surface area contributed by atoms with Crippen molar-refractivity contribution in [3.8, 4) is 5.75 Å². The number of rotatable bonds is 8. The summed E-state index contributed by atoms with van der Waals surface area (Å²) in [4.78, 5) is 44.0. The maximum atomic E-state index is 14.1. The van der Waals surface area contributed by atoms with Crippen LogP contribution in [0.4, 0.5) is 10.5 Å². The third kappa shape index (κ3) is 5.33. The van der Waals surface area contributed by atoms with E-state index in [2.05, 4.69) is 10.6 Å². The Morgan fingerprint density at radius 2 is 1.74 bits per heavy atom. The molecule has 0 aromatic heterocycles. The van der Waals surface area contributed by atoms with Crippen LogP contribution in [-0.4, -0.2) is 53.9 Å². The van der Waals surface area contributed by atoms with E-state index in [-0.39, 0.29) is 24.4 Å². The summed E-state index contributed by atoms with van der Waals surface area (Å²) >= 11 is 6.09. The van der Waals surface area contributed by atoms with Gasteiger partial charge < -0.3 is 20.3 Å². The fourth-order valence-electron chi connectivity index (χ4n) is 5.09. The number of methoxy groups -OCH3 is 1. The fourth-order valence-corrected chi connectivity index (χ4v) is 5.21. The van der Waals surface area contributed by atoms with Crippen molar-refractivity contribution in [1.82, 2.24) is 15.1 Å². The molecule has 0 bridgehead atoms. The minimum Gasteiger partial charge on any atom is -0.497 e. The molecule has 0 saturated carbocycles. The van der Waals surface area contributed by atoms with Crippen molar-refractivity contribution in [2.24, 2.45) is 0 Å². The largest absolute Gasteiger partial charge is 0.497 e. The molecule has 3 aromatic rings. The number of urea groups is 1. The van der Waals surface area contributed by atoms with Crippen LogP contribution < -0.4 is 15.4 Å². The lowest BCUT2D eigenvalue weighted by atomic mass is 9.95. The molecule has 8 nitrogen and oxygen atoms in total. The zero-order chi connectivity index (χ0) is 27.5. The smallest absolute Gasteiger partial charge is 0.322 e. The highest BCUT2D eigenvalue weighted by molar-refractivity contribution is 6.30. The highest BCUT2D eigenvalue weighted by Crippen LogP contribution is 2.37. The second-order valence-electron chi connectivity index (χ2n) is 9.40. The molecule has 9 heteroatoms. The van der Waals surface area contributed by atoms with Crippen LogP contribution in [0, 0.1) is 0 Å². The molecule has 0 spiro atoms. The molecule has 3 aromatic carbocycles. The molecule has 0 saturated heterocycles. The number of amides is 4. The van der Waals surface area contributed by atoms with Gasteiger partial charge in [0.25, 0.3) is 5.91 Å². The van der Waals surface area contributed by atoms with Gasteiger partial charge in [0.1, 0.15) is 11.8 Å². The molecule has 0 fully saturated rings. The summed E-state index contributed by atoms with van der Waals surface area (Å²) in [6.45, 7) is 2.39. The summed E-state index contributed by atoms with van der Waals surface area (Å²) in [5.74, 6) is 0.0716. The van der Waals surface area contributed by atoms with Gasteiger partial charge in [-0.3, -0.25) is 14.5 Å². The second kappa shape index (κ2) is 11.2. The quantitative estimate of drug-likeness (QED) is 0.427. The van der Waals surface area contributed by atoms with Crippen LogP contribution in [0.1, 0.15) is 24.1 Å². The van der Waals surface area contributed by atoms with Gasteiger partial charge in [-0.1, -0.05) is 54.1 Å². The highest BCUT2D eigenvalue weighted by atomic mass is 35.5. The van der Waals surface area contributed by atoms with Gasteiger partial charge in [-0.15, -0.1) is 0 Å². The molecular formula is C30H29ClN4O4. The topological polar surface area (TPSA) is 91.0 Å². The van der Waals surface area contributed by atoms with Crippen molar-refractivity contribution in [2.45, 2.75) is 25.4 Å². The predicted octanol–water partition coefficient (Wildman–Crippen LogP) is 4.78. The summed E-state index contributed by atoms with van der Waals surface area (Å²) in [5.41, 5.74) is 3.33. The summed E-state index contributed by atoms with van der Waals surface area (Å²) in [6.07, 6.45) is 0.314. The molecule has 0 radical (unpaired) electrons. The van der Waals surface area contributed by atoms with E-state index in [1.807, 2.05) is 37.3 Å². The zero-order valence-electron chi connectivity index (χ0n) is 21.7. The second-order valence-corrected chi connectivity index (χ2v) is 9.83. The Labute approximate surface area is 232 Å². The van der Waals surface area contributed by atoms with Gasteiger partial charge in [0.15, 0.2) is 0 Å². The number of hydrogen-bond acceptors (Lipinski definition) is 4. The van der Waals surface area contributed by atoms with Crippen LogP contribution >= 0.6 is 11.6 Å². The van der Waals surface area contributed by atoms with E-state index in [4.69, 9.17) is 16.3 Å². The first-order valence-corrected chi connectivity index (χ1v) is 13.1. The van der Waals surface area contributed by atoms with Crippen LogP contribution in [-0.2, 0) is 16.0 Å². The van der Waals surface area contributed by atoms with Gasteiger partial charge in [-0.2, -0.15) is 0 Å². The van der Waals surface area contributed by atoms with E-state index in [1.165, 1.54) is 0 Å². The summed E-state index contributed by atoms with van der Waals surface area (Å²) in [7, 11) is 1.58. The first-order chi connectivity index (χ1) is 18.9. The Kier molecular flexibility index (Phi) is 7.56. The van der Waals surface area contributed by atoms with Crippen molar-refractivity contribution >= 4 is 35.1 Å². The van der Waals surface area contributed by atoms with Crippen LogP contribution in [0.25, 0.3) is 0 Å². The summed E-state index contributed by atoms with van der Waals surface area (Å²) in [5, 5.41) is 6.49. The Morgan fingerprint density at radius 1 is 1.05 bits per heavy atom. The van der Waals surface area contributed by atoms with E-state index >= 15 is 0 Å². The fraction of sp³-hybridized carbons (Fsp3) is 0.233. The Balaban J connectivity index is 1.49. The van der Waals surface area contributed by atoms with E-state index in [0.717, 1.165) is 11.1 Å². The lowest BCUT2D eigenvalue weighted by molar-refractivity contribution is -0.134. The Hall–Kier alpha value is -4.30. The van der Waals surface area contributed by atoms with E-state index < -0.39 is 12.1 Å². The van der Waals surface area contributed by atoms with E-state index in [9.17, 15) is 14.4 Å². The highest BCUT2D eigenvalue weighted by Gasteiger charge is 2.46. The maximum absolute atomic E-state index is 14.1. The molecule has 0 aliphatic carbocycles. The number of nitrogens with one attached hydrogen (secondary N) is 2. The van der Waals surface area contributed by atoms with Crippen LogP contribution in [0.2, 0.25) is 5.02 Å². The zero-order valence-corrected chi connectivity index (χ0v) is 22.4. The monoisotopic (exact) mass is 544 g/mol. The standard InChI is InChI=1S/C30H29ClN4O4/c1-3-34-25-18-35(29(37)26(25)27(33-30(34)38)20-9-11-21(31)12-10-20)24(17-19-7-5-4-6-8-19)28(36)32-22-13-15-23(39-2)16-14-22/h4-16,24,27H,3,17-18H2,1-2H3,(H,32,36)(H,33,38). The number of nitrogens with zero attached hydrogens (tertiary/aromatic N) is 2. The first kappa shape index (κ1) is 26.3. The van der Waals surface area contributed by atoms with Gasteiger partial charge in [0.05, 0.1) is 31.0 Å². The van der Waals surface area contributed by atoms with Crippen molar-refractivity contribution in [3.63, 3.8) is 0 Å². The number of halogens is 1. The van der Waals surface area contributed by atoms with Crippen molar-refractivity contribution in [1.29, 1.82) is 0 Å². The molecule has 200 valence electrons. The lowest BCUT2D eigenvalue weighted by Gasteiger charge is -2.32. The number of carbonyl (C=O) groups excluding carboxylic acids is 3. The normalized spacial score (nSPS) is 17.6. The third-order valence-corrected chi connectivity index (χ3v) is 7.33. The molecule has 2 atom stereocenters. The Morgan fingerprint density at radius 3 is 2.38 bits per heavy atom. The van der Waals surface area contributed by atoms with Crippen LogP contribution in [0.3, 0.4) is 0 Å². The third-order valence-electron chi connectivity index (χ3n) is 7.08. The molecule has 2 unspecified atom stereocenters. The predicted molar refractivity (Wildman–Crippen MR) is 149 cm³/mol. The summed E-state index contributed by atoms with van der Waals surface area (Å²) in [6, 6.07) is 21.9. The number of hydrogen-bond donors (Lipinski definition) is 2. The average Bonchev–Trinajstić information content (AvgIpc) is 3.29. The van der Waals surface area contributed by atoms with Crippen molar-refractivity contribution in [2.75, 3.05) is 25.5 Å². The summed E-state index contributed by atoms with van der Waals surface area (Å²) < 4.78 is 5.22. The van der Waals surface area contributed by atoms with E-state index in [0.29, 0.717) is 40.7 Å². The minimum atomic E-state index is -0.813. The number of ether oxygens (including phenoxy) is 1.